The van der Waals surface area contributed by atoms with Gasteiger partial charge in [0.25, 0.3) is 0 Å². The van der Waals surface area contributed by atoms with E-state index >= 15 is 0 Å². The number of hydrogen-bond acceptors (Lipinski definition) is 6. The third-order valence-corrected chi connectivity index (χ3v) is 4.77. The average molecular weight is 365 g/mol. The third kappa shape index (κ3) is 4.34. The molecule has 6 nitrogen and oxygen atoms in total. The van der Waals surface area contributed by atoms with Crippen molar-refractivity contribution >= 4 is 23.5 Å². The molecule has 3 N–H and O–H groups in total. The van der Waals surface area contributed by atoms with Gasteiger partial charge in [0.2, 0.25) is 5.78 Å². The summed E-state index contributed by atoms with van der Waals surface area (Å²) in [5.41, 5.74) is 7.31. The maximum absolute atomic E-state index is 13.0. The van der Waals surface area contributed by atoms with Crippen molar-refractivity contribution in [2.45, 2.75) is 26.3 Å². The number of ketones is 1. The molecule has 2 aromatic heterocycles. The van der Waals surface area contributed by atoms with Crippen LogP contribution >= 0.6 is 0 Å². The Hall–Kier alpha value is -2.73. The van der Waals surface area contributed by atoms with Crippen molar-refractivity contribution in [3.63, 3.8) is 0 Å². The monoisotopic (exact) mass is 365 g/mol. The fourth-order valence-electron chi connectivity index (χ4n) is 3.48. The van der Waals surface area contributed by atoms with E-state index in [1.807, 2.05) is 12.1 Å². The van der Waals surface area contributed by atoms with E-state index in [9.17, 15) is 4.79 Å². The Kier molecular flexibility index (Phi) is 5.86. The number of nitrogens with zero attached hydrogens (tertiary/aromatic N) is 3. The van der Waals surface area contributed by atoms with E-state index in [0.717, 1.165) is 31.9 Å². The van der Waals surface area contributed by atoms with Gasteiger partial charge in [-0.05, 0) is 36.6 Å². The van der Waals surface area contributed by atoms with Gasteiger partial charge in [-0.2, -0.15) is 0 Å². The Morgan fingerprint density at radius 1 is 1.44 bits per heavy atom. The Balaban J connectivity index is 1.91. The molecule has 0 unspecified atom stereocenters. The number of nitrogens with one attached hydrogen (secondary N) is 1. The third-order valence-electron chi connectivity index (χ3n) is 4.77. The first-order chi connectivity index (χ1) is 13.0. The summed E-state index contributed by atoms with van der Waals surface area (Å²) in [5.74, 6) is 1.42. The zero-order chi connectivity index (χ0) is 19.4. The van der Waals surface area contributed by atoms with Gasteiger partial charge in [0.05, 0.1) is 5.56 Å². The highest BCUT2D eigenvalue weighted by Crippen LogP contribution is 2.22. The summed E-state index contributed by atoms with van der Waals surface area (Å²) in [5, 5.41) is 3.57. The minimum absolute atomic E-state index is 0.212. The lowest BCUT2D eigenvalue weighted by molar-refractivity contribution is 0.103. The molecule has 27 heavy (non-hydrogen) atoms. The fourth-order valence-corrected chi connectivity index (χ4v) is 3.48. The van der Waals surface area contributed by atoms with Gasteiger partial charge < -0.3 is 16.0 Å². The molecule has 0 radical (unpaired) electrons. The summed E-state index contributed by atoms with van der Waals surface area (Å²) in [6.07, 6.45) is 4.33. The van der Waals surface area contributed by atoms with Crippen LogP contribution in [0.2, 0.25) is 0 Å². The SMILES string of the molecule is C=Cc1ccc(N2CCN[C@@H](CC(C)C)C2)nc1C(=O)c1cccnc1N. The van der Waals surface area contributed by atoms with Gasteiger partial charge >= 0.3 is 0 Å². The van der Waals surface area contributed by atoms with Crippen molar-refractivity contribution in [1.29, 1.82) is 0 Å². The first kappa shape index (κ1) is 19.0. The number of rotatable bonds is 6. The van der Waals surface area contributed by atoms with Gasteiger partial charge in [-0.15, -0.1) is 0 Å². The van der Waals surface area contributed by atoms with E-state index in [4.69, 9.17) is 10.7 Å². The molecule has 3 heterocycles. The summed E-state index contributed by atoms with van der Waals surface area (Å²) >= 11 is 0. The smallest absolute Gasteiger partial charge is 0.215 e. The Morgan fingerprint density at radius 3 is 2.96 bits per heavy atom. The van der Waals surface area contributed by atoms with Crippen LogP contribution < -0.4 is 16.0 Å². The van der Waals surface area contributed by atoms with Gasteiger partial charge in [-0.1, -0.05) is 26.5 Å². The zero-order valence-electron chi connectivity index (χ0n) is 16.0. The van der Waals surface area contributed by atoms with E-state index in [1.54, 1.807) is 24.4 Å². The van der Waals surface area contributed by atoms with Crippen molar-refractivity contribution in [2.24, 2.45) is 5.92 Å². The van der Waals surface area contributed by atoms with Crippen molar-refractivity contribution < 1.29 is 4.79 Å². The number of aromatic nitrogens is 2. The molecule has 0 saturated carbocycles. The van der Waals surface area contributed by atoms with E-state index < -0.39 is 0 Å². The molecule has 0 aromatic carbocycles. The number of pyridine rings is 2. The van der Waals surface area contributed by atoms with Gasteiger partial charge in [-0.3, -0.25) is 4.79 Å². The molecule has 0 aliphatic carbocycles. The molecule has 3 rings (SSSR count). The van der Waals surface area contributed by atoms with E-state index in [1.165, 1.54) is 0 Å². The summed E-state index contributed by atoms with van der Waals surface area (Å²) in [6.45, 7) is 10.9. The van der Waals surface area contributed by atoms with E-state index in [2.05, 4.69) is 35.6 Å². The van der Waals surface area contributed by atoms with Crippen LogP contribution in [0.25, 0.3) is 6.08 Å². The standard InChI is InChI=1S/C21H27N5O/c1-4-15-7-8-18(26-11-10-23-16(13-26)12-14(2)3)25-19(15)20(27)17-6-5-9-24-21(17)22/h4-9,14,16,23H,1,10-13H2,2-3H3,(H2,22,24)/t16-/m0/s1. The highest BCUT2D eigenvalue weighted by molar-refractivity contribution is 6.12. The number of piperazine rings is 1. The second-order valence-electron chi connectivity index (χ2n) is 7.30. The molecular weight excluding hydrogens is 338 g/mol. The van der Waals surface area contributed by atoms with Crippen molar-refractivity contribution in [3.8, 4) is 0 Å². The molecule has 0 amide bonds. The molecule has 0 spiro atoms. The summed E-state index contributed by atoms with van der Waals surface area (Å²) in [6, 6.07) is 7.66. The summed E-state index contributed by atoms with van der Waals surface area (Å²) in [4.78, 5) is 24.0. The summed E-state index contributed by atoms with van der Waals surface area (Å²) in [7, 11) is 0. The first-order valence-electron chi connectivity index (χ1n) is 9.36. The van der Waals surface area contributed by atoms with E-state index in [0.29, 0.717) is 28.8 Å². The number of nitrogen functional groups attached to an aromatic ring is 1. The number of hydrogen-bond donors (Lipinski definition) is 2. The Bertz CT molecular complexity index is 833. The minimum atomic E-state index is -0.230. The summed E-state index contributed by atoms with van der Waals surface area (Å²) < 4.78 is 0. The average Bonchev–Trinajstić information content (AvgIpc) is 2.67. The number of carbonyl (C=O) groups is 1. The topological polar surface area (TPSA) is 84.1 Å². The van der Waals surface area contributed by atoms with Crippen LogP contribution in [0, 0.1) is 5.92 Å². The van der Waals surface area contributed by atoms with Gasteiger partial charge in [0.15, 0.2) is 0 Å². The van der Waals surface area contributed by atoms with Crippen LogP contribution in [0.5, 0.6) is 0 Å². The number of nitrogens with two attached hydrogens (primary N) is 1. The molecule has 0 bridgehead atoms. The second-order valence-corrected chi connectivity index (χ2v) is 7.30. The van der Waals surface area contributed by atoms with E-state index in [-0.39, 0.29) is 11.6 Å². The van der Waals surface area contributed by atoms with Gasteiger partial charge in [-0.25, -0.2) is 9.97 Å². The molecule has 1 saturated heterocycles. The van der Waals surface area contributed by atoms with Crippen LogP contribution in [0.3, 0.4) is 0 Å². The highest BCUT2D eigenvalue weighted by Gasteiger charge is 2.23. The van der Waals surface area contributed by atoms with Crippen LogP contribution in [0.1, 0.15) is 41.9 Å². The fraction of sp³-hybridized carbons (Fsp3) is 0.381. The Labute approximate surface area is 160 Å². The molecule has 1 aliphatic heterocycles. The van der Waals surface area contributed by atoms with Crippen molar-refractivity contribution in [2.75, 3.05) is 30.3 Å². The maximum atomic E-state index is 13.0. The van der Waals surface area contributed by atoms with Crippen LogP contribution in [0.4, 0.5) is 11.6 Å². The zero-order valence-corrected chi connectivity index (χ0v) is 16.0. The first-order valence-corrected chi connectivity index (χ1v) is 9.36. The van der Waals surface area contributed by atoms with Gasteiger partial charge in [0.1, 0.15) is 17.3 Å². The molecular formula is C21H27N5O. The van der Waals surface area contributed by atoms with Crippen molar-refractivity contribution in [1.82, 2.24) is 15.3 Å². The normalized spacial score (nSPS) is 17.1. The van der Waals surface area contributed by atoms with Gasteiger partial charge in [0, 0.05) is 37.4 Å². The second kappa shape index (κ2) is 8.31. The number of carbonyl (C=O) groups excluding carboxylic acids is 1. The predicted molar refractivity (Wildman–Crippen MR) is 110 cm³/mol. The molecule has 1 fully saturated rings. The van der Waals surface area contributed by atoms with Crippen LogP contribution in [-0.2, 0) is 0 Å². The molecule has 2 aromatic rings. The molecule has 142 valence electrons. The van der Waals surface area contributed by atoms with Crippen LogP contribution in [-0.4, -0.2) is 41.4 Å². The highest BCUT2D eigenvalue weighted by atomic mass is 16.1. The quantitative estimate of drug-likeness (QED) is 0.766. The Morgan fingerprint density at radius 2 is 2.26 bits per heavy atom. The largest absolute Gasteiger partial charge is 0.383 e. The minimum Gasteiger partial charge on any atom is -0.383 e. The molecule has 1 aliphatic rings. The van der Waals surface area contributed by atoms with Crippen LogP contribution in [0.15, 0.2) is 37.0 Å². The maximum Gasteiger partial charge on any atom is 0.215 e. The van der Waals surface area contributed by atoms with Crippen molar-refractivity contribution in [3.05, 3.63) is 53.9 Å². The lowest BCUT2D eigenvalue weighted by atomic mass is 10.0. The predicted octanol–water partition coefficient (Wildman–Crippen LogP) is 2.76. The lowest BCUT2D eigenvalue weighted by Gasteiger charge is -2.35. The molecule has 6 heteroatoms. The lowest BCUT2D eigenvalue weighted by Crippen LogP contribution is -2.51. The molecule has 1 atom stereocenters. The number of anilines is 2.